The average Bonchev–Trinajstić information content (AvgIpc) is 3.11. The van der Waals surface area contributed by atoms with Gasteiger partial charge in [-0.1, -0.05) is 6.42 Å². The Kier molecular flexibility index (Phi) is 2.58. The van der Waals surface area contributed by atoms with Gasteiger partial charge in [-0.3, -0.25) is 0 Å². The van der Waals surface area contributed by atoms with Gasteiger partial charge < -0.3 is 9.88 Å². The number of nitrogens with one attached hydrogen (secondary N) is 1. The molecule has 2 fully saturated rings. The molecule has 3 unspecified atom stereocenters. The quantitative estimate of drug-likeness (QED) is 0.897. The molecule has 0 bridgehead atoms. The van der Waals surface area contributed by atoms with Gasteiger partial charge in [0.1, 0.15) is 11.3 Å². The van der Waals surface area contributed by atoms with E-state index in [1.165, 1.54) is 25.1 Å². The van der Waals surface area contributed by atoms with Crippen molar-refractivity contribution in [2.75, 3.05) is 6.54 Å². The highest BCUT2D eigenvalue weighted by molar-refractivity contribution is 5.71. The first kappa shape index (κ1) is 11.4. The Labute approximate surface area is 113 Å². The summed E-state index contributed by atoms with van der Waals surface area (Å²) >= 11 is 0. The van der Waals surface area contributed by atoms with Crippen LogP contribution >= 0.6 is 0 Å². The summed E-state index contributed by atoms with van der Waals surface area (Å²) in [6, 6.07) is 4.47. The van der Waals surface area contributed by atoms with Crippen molar-refractivity contribution in [3.63, 3.8) is 0 Å². The van der Waals surface area contributed by atoms with Crippen LogP contribution in [0, 0.1) is 11.8 Å². The topological polar surface area (TPSA) is 42.7 Å². The van der Waals surface area contributed by atoms with Gasteiger partial charge in [0.2, 0.25) is 0 Å². The predicted molar refractivity (Wildman–Crippen MR) is 74.8 cm³/mol. The lowest BCUT2D eigenvalue weighted by molar-refractivity contribution is 0.398. The Morgan fingerprint density at radius 1 is 1.42 bits per heavy atom. The first-order valence-corrected chi connectivity index (χ1v) is 7.43. The van der Waals surface area contributed by atoms with Gasteiger partial charge in [0, 0.05) is 12.7 Å². The molecule has 2 aromatic rings. The molecule has 2 aromatic heterocycles. The Morgan fingerprint density at radius 2 is 2.37 bits per heavy atom. The molecule has 0 amide bonds. The van der Waals surface area contributed by atoms with Crippen LogP contribution in [0.3, 0.4) is 0 Å². The summed E-state index contributed by atoms with van der Waals surface area (Å²) in [6.45, 7) is 4.29. The maximum atomic E-state index is 4.86. The van der Waals surface area contributed by atoms with Crippen LogP contribution in [0.15, 0.2) is 18.3 Å². The molecule has 1 saturated carbocycles. The number of pyridine rings is 1. The third kappa shape index (κ3) is 1.62. The zero-order valence-corrected chi connectivity index (χ0v) is 11.3. The molecule has 4 heteroatoms. The molecular formula is C15H20N4. The standard InChI is InChI=1S/C15H20N4/c1-2-19-14-12(7-4-8-16-14)18-15(19)13-11-6-3-5-10(11)9-17-13/h4,7-8,10-11,13,17H,2-3,5-6,9H2,1H3. The number of aromatic nitrogens is 3. The van der Waals surface area contributed by atoms with Crippen LogP contribution < -0.4 is 5.32 Å². The largest absolute Gasteiger partial charge is 0.312 e. The molecule has 3 heterocycles. The zero-order valence-electron chi connectivity index (χ0n) is 11.3. The lowest BCUT2D eigenvalue weighted by Gasteiger charge is -2.18. The fourth-order valence-electron chi connectivity index (χ4n) is 4.00. The molecule has 4 rings (SSSR count). The normalized spacial score (nSPS) is 30.1. The number of nitrogens with zero attached hydrogens (tertiary/aromatic N) is 3. The van der Waals surface area contributed by atoms with Gasteiger partial charge in [-0.05, 0) is 50.3 Å². The van der Waals surface area contributed by atoms with Crippen LogP contribution in [-0.4, -0.2) is 21.1 Å². The van der Waals surface area contributed by atoms with E-state index < -0.39 is 0 Å². The lowest BCUT2D eigenvalue weighted by Crippen LogP contribution is -2.22. The van der Waals surface area contributed by atoms with Crippen molar-refractivity contribution in [1.29, 1.82) is 0 Å². The van der Waals surface area contributed by atoms with Gasteiger partial charge in [-0.15, -0.1) is 0 Å². The minimum atomic E-state index is 0.432. The number of aryl methyl sites for hydroxylation is 1. The fraction of sp³-hybridized carbons (Fsp3) is 0.600. The minimum absolute atomic E-state index is 0.432. The fourth-order valence-corrected chi connectivity index (χ4v) is 4.00. The van der Waals surface area contributed by atoms with Gasteiger partial charge in [-0.25, -0.2) is 9.97 Å². The van der Waals surface area contributed by atoms with Crippen molar-refractivity contribution in [3.05, 3.63) is 24.2 Å². The first-order chi connectivity index (χ1) is 9.38. The van der Waals surface area contributed by atoms with E-state index in [4.69, 9.17) is 4.98 Å². The summed E-state index contributed by atoms with van der Waals surface area (Å²) in [6.07, 6.45) is 5.99. The molecule has 1 saturated heterocycles. The van der Waals surface area contributed by atoms with E-state index in [2.05, 4.69) is 27.9 Å². The van der Waals surface area contributed by atoms with Gasteiger partial charge in [-0.2, -0.15) is 0 Å². The highest BCUT2D eigenvalue weighted by Gasteiger charge is 2.41. The van der Waals surface area contributed by atoms with Crippen molar-refractivity contribution in [2.24, 2.45) is 11.8 Å². The second kappa shape index (κ2) is 4.30. The van der Waals surface area contributed by atoms with Crippen molar-refractivity contribution in [1.82, 2.24) is 19.9 Å². The first-order valence-electron chi connectivity index (χ1n) is 7.43. The summed E-state index contributed by atoms with van der Waals surface area (Å²) in [5, 5.41) is 3.70. The third-order valence-corrected chi connectivity index (χ3v) is 4.87. The monoisotopic (exact) mass is 256 g/mol. The van der Waals surface area contributed by atoms with Crippen LogP contribution in [0.2, 0.25) is 0 Å². The van der Waals surface area contributed by atoms with Crippen LogP contribution in [0.25, 0.3) is 11.2 Å². The highest BCUT2D eigenvalue weighted by atomic mass is 15.2. The van der Waals surface area contributed by atoms with E-state index >= 15 is 0 Å². The van der Waals surface area contributed by atoms with E-state index in [9.17, 15) is 0 Å². The molecular weight excluding hydrogens is 236 g/mol. The van der Waals surface area contributed by atoms with Crippen LogP contribution in [0.4, 0.5) is 0 Å². The number of fused-ring (bicyclic) bond motifs is 2. The summed E-state index contributed by atoms with van der Waals surface area (Å²) in [4.78, 5) is 9.37. The van der Waals surface area contributed by atoms with Crippen LogP contribution in [0.5, 0.6) is 0 Å². The summed E-state index contributed by atoms with van der Waals surface area (Å²) in [7, 11) is 0. The Morgan fingerprint density at radius 3 is 3.26 bits per heavy atom. The summed E-state index contributed by atoms with van der Waals surface area (Å²) in [5.74, 6) is 2.84. The maximum absolute atomic E-state index is 4.86. The molecule has 100 valence electrons. The summed E-state index contributed by atoms with van der Waals surface area (Å²) in [5.41, 5.74) is 2.06. The Hall–Kier alpha value is -1.42. The van der Waals surface area contributed by atoms with E-state index in [0.29, 0.717) is 6.04 Å². The molecule has 1 N–H and O–H groups in total. The second-order valence-corrected chi connectivity index (χ2v) is 5.80. The van der Waals surface area contributed by atoms with Crippen LogP contribution in [-0.2, 0) is 6.54 Å². The van der Waals surface area contributed by atoms with E-state index in [0.717, 1.165) is 36.1 Å². The zero-order chi connectivity index (χ0) is 12.8. The predicted octanol–water partition coefficient (Wildman–Crippen LogP) is 2.51. The molecule has 1 aliphatic carbocycles. The molecule has 0 aromatic carbocycles. The van der Waals surface area contributed by atoms with Crippen LogP contribution in [0.1, 0.15) is 38.1 Å². The van der Waals surface area contributed by atoms with E-state index in [-0.39, 0.29) is 0 Å². The van der Waals surface area contributed by atoms with Gasteiger partial charge in [0.15, 0.2) is 5.65 Å². The SMILES string of the molecule is CCn1c(C2NCC3CCCC32)nc2cccnc21. The second-order valence-electron chi connectivity index (χ2n) is 5.80. The van der Waals surface area contributed by atoms with Gasteiger partial charge in [0.25, 0.3) is 0 Å². The number of imidazole rings is 1. The Bertz CT molecular complexity index is 603. The lowest BCUT2D eigenvalue weighted by atomic mass is 9.93. The van der Waals surface area contributed by atoms with Crippen molar-refractivity contribution >= 4 is 11.2 Å². The Balaban J connectivity index is 1.82. The summed E-state index contributed by atoms with van der Waals surface area (Å²) < 4.78 is 2.29. The van der Waals surface area contributed by atoms with Crippen molar-refractivity contribution in [3.8, 4) is 0 Å². The maximum Gasteiger partial charge on any atom is 0.160 e. The molecule has 19 heavy (non-hydrogen) atoms. The third-order valence-electron chi connectivity index (χ3n) is 4.87. The van der Waals surface area contributed by atoms with Gasteiger partial charge >= 0.3 is 0 Å². The molecule has 2 aliphatic rings. The van der Waals surface area contributed by atoms with Crippen molar-refractivity contribution in [2.45, 2.75) is 38.8 Å². The molecule has 4 nitrogen and oxygen atoms in total. The van der Waals surface area contributed by atoms with E-state index in [1.54, 1.807) is 0 Å². The van der Waals surface area contributed by atoms with Crippen molar-refractivity contribution < 1.29 is 0 Å². The highest BCUT2D eigenvalue weighted by Crippen LogP contribution is 2.44. The molecule has 3 atom stereocenters. The molecule has 0 spiro atoms. The number of hydrogen-bond donors (Lipinski definition) is 1. The van der Waals surface area contributed by atoms with E-state index in [1.807, 2.05) is 12.3 Å². The van der Waals surface area contributed by atoms with Gasteiger partial charge in [0.05, 0.1) is 6.04 Å². The molecule has 0 radical (unpaired) electrons. The average molecular weight is 256 g/mol. The smallest absolute Gasteiger partial charge is 0.160 e. The number of hydrogen-bond acceptors (Lipinski definition) is 3. The molecule has 1 aliphatic heterocycles. The minimum Gasteiger partial charge on any atom is -0.312 e. The number of rotatable bonds is 2.